The summed E-state index contributed by atoms with van der Waals surface area (Å²) in [6, 6.07) is 1.27. The topological polar surface area (TPSA) is 24.5 Å². The van der Waals surface area contributed by atoms with Crippen molar-refractivity contribution in [2.75, 3.05) is 26.2 Å². The van der Waals surface area contributed by atoms with Gasteiger partial charge in [0.2, 0.25) is 0 Å². The molecular weight excluding hydrogens is 212 g/mol. The summed E-state index contributed by atoms with van der Waals surface area (Å²) in [5, 5.41) is 3.67. The average Bonchev–Trinajstić information content (AvgIpc) is 2.64. The third-order valence-corrected chi connectivity index (χ3v) is 3.93. The summed E-state index contributed by atoms with van der Waals surface area (Å²) in [5.74, 6) is 0. The van der Waals surface area contributed by atoms with Gasteiger partial charge in [0.15, 0.2) is 0 Å². The minimum absolute atomic E-state index is 0.125. The summed E-state index contributed by atoms with van der Waals surface area (Å²) >= 11 is 0. The van der Waals surface area contributed by atoms with Gasteiger partial charge < -0.3 is 10.1 Å². The van der Waals surface area contributed by atoms with Gasteiger partial charge in [-0.3, -0.25) is 4.90 Å². The Morgan fingerprint density at radius 3 is 2.88 bits per heavy atom. The Hall–Kier alpha value is -0.120. The van der Waals surface area contributed by atoms with Gasteiger partial charge in [-0.1, -0.05) is 13.8 Å². The van der Waals surface area contributed by atoms with E-state index in [-0.39, 0.29) is 5.60 Å². The third kappa shape index (κ3) is 3.94. The number of nitrogens with one attached hydrogen (secondary N) is 1. The Morgan fingerprint density at radius 2 is 2.24 bits per heavy atom. The molecule has 2 aliphatic heterocycles. The van der Waals surface area contributed by atoms with Crippen molar-refractivity contribution in [1.82, 2.24) is 10.2 Å². The van der Waals surface area contributed by atoms with E-state index in [0.717, 1.165) is 13.2 Å². The van der Waals surface area contributed by atoms with Crippen molar-refractivity contribution in [1.29, 1.82) is 0 Å². The first-order valence-electron chi connectivity index (χ1n) is 7.20. The summed E-state index contributed by atoms with van der Waals surface area (Å²) in [5.41, 5.74) is 0.125. The molecule has 17 heavy (non-hydrogen) atoms. The van der Waals surface area contributed by atoms with Gasteiger partial charge in [-0.15, -0.1) is 0 Å². The number of nitrogens with zero attached hydrogens (tertiary/aromatic N) is 1. The van der Waals surface area contributed by atoms with Crippen LogP contribution in [0.3, 0.4) is 0 Å². The highest BCUT2D eigenvalue weighted by Crippen LogP contribution is 2.27. The van der Waals surface area contributed by atoms with Crippen molar-refractivity contribution >= 4 is 0 Å². The van der Waals surface area contributed by atoms with Crippen LogP contribution in [0.2, 0.25) is 0 Å². The number of likely N-dealkylation sites (tertiary alicyclic amines) is 1. The zero-order valence-corrected chi connectivity index (χ0v) is 11.7. The third-order valence-electron chi connectivity index (χ3n) is 3.93. The van der Waals surface area contributed by atoms with Crippen LogP contribution >= 0.6 is 0 Å². The van der Waals surface area contributed by atoms with Crippen LogP contribution in [0.5, 0.6) is 0 Å². The van der Waals surface area contributed by atoms with Crippen molar-refractivity contribution in [3.8, 4) is 0 Å². The molecule has 0 aromatic heterocycles. The fourth-order valence-electron chi connectivity index (χ4n) is 3.24. The van der Waals surface area contributed by atoms with E-state index in [0.29, 0.717) is 12.1 Å². The van der Waals surface area contributed by atoms with Gasteiger partial charge in [-0.25, -0.2) is 0 Å². The maximum Gasteiger partial charge on any atom is 0.0781 e. The second-order valence-corrected chi connectivity index (χ2v) is 6.30. The first kappa shape index (κ1) is 13.3. The van der Waals surface area contributed by atoms with Crippen LogP contribution in [-0.2, 0) is 4.74 Å². The lowest BCUT2D eigenvalue weighted by Crippen LogP contribution is -2.51. The molecule has 0 amide bonds. The van der Waals surface area contributed by atoms with Crippen LogP contribution in [0.15, 0.2) is 0 Å². The Balaban J connectivity index is 1.80. The van der Waals surface area contributed by atoms with Crippen molar-refractivity contribution in [2.24, 2.45) is 0 Å². The molecule has 0 spiro atoms. The van der Waals surface area contributed by atoms with Gasteiger partial charge in [0.05, 0.1) is 5.60 Å². The quantitative estimate of drug-likeness (QED) is 0.813. The zero-order valence-electron chi connectivity index (χ0n) is 11.7. The highest BCUT2D eigenvalue weighted by atomic mass is 16.5. The van der Waals surface area contributed by atoms with Gasteiger partial charge in [0.25, 0.3) is 0 Å². The van der Waals surface area contributed by atoms with E-state index < -0.39 is 0 Å². The summed E-state index contributed by atoms with van der Waals surface area (Å²) in [6.45, 7) is 11.3. The smallest absolute Gasteiger partial charge is 0.0781 e. The molecule has 0 radical (unpaired) electrons. The van der Waals surface area contributed by atoms with E-state index >= 15 is 0 Å². The second kappa shape index (κ2) is 5.68. The Bertz CT molecular complexity index is 236. The Kier molecular flexibility index (Phi) is 4.45. The molecule has 2 fully saturated rings. The first-order valence-corrected chi connectivity index (χ1v) is 7.20. The zero-order chi connectivity index (χ0) is 12.3. The van der Waals surface area contributed by atoms with Crippen molar-refractivity contribution in [3.05, 3.63) is 0 Å². The molecule has 1 N–H and O–H groups in total. The van der Waals surface area contributed by atoms with Gasteiger partial charge >= 0.3 is 0 Å². The van der Waals surface area contributed by atoms with Crippen LogP contribution in [0.4, 0.5) is 0 Å². The number of piperidine rings is 1. The lowest BCUT2D eigenvalue weighted by Gasteiger charge is -2.38. The molecule has 2 saturated heterocycles. The molecule has 0 bridgehead atoms. The van der Waals surface area contributed by atoms with Crippen LogP contribution in [-0.4, -0.2) is 48.8 Å². The molecule has 2 rings (SSSR count). The Morgan fingerprint density at radius 1 is 1.41 bits per heavy atom. The minimum atomic E-state index is 0.125. The summed E-state index contributed by atoms with van der Waals surface area (Å²) in [6.07, 6.45) is 5.11. The van der Waals surface area contributed by atoms with Gasteiger partial charge in [0, 0.05) is 31.8 Å². The average molecular weight is 240 g/mol. The van der Waals surface area contributed by atoms with Crippen LogP contribution in [0, 0.1) is 0 Å². The van der Waals surface area contributed by atoms with Gasteiger partial charge in [-0.2, -0.15) is 0 Å². The van der Waals surface area contributed by atoms with E-state index in [2.05, 4.69) is 31.0 Å². The monoisotopic (exact) mass is 240 g/mol. The first-order chi connectivity index (χ1) is 8.07. The molecule has 3 heteroatoms. The number of hydrogen-bond acceptors (Lipinski definition) is 3. The molecule has 100 valence electrons. The fraction of sp³-hybridized carbons (Fsp3) is 1.00. The van der Waals surface area contributed by atoms with E-state index in [1.807, 2.05) is 0 Å². The van der Waals surface area contributed by atoms with Gasteiger partial charge in [-0.05, 0) is 39.2 Å². The molecule has 2 atom stereocenters. The van der Waals surface area contributed by atoms with E-state index in [1.165, 1.54) is 38.8 Å². The lowest BCUT2D eigenvalue weighted by molar-refractivity contribution is -0.0155. The predicted octanol–water partition coefficient (Wildman–Crippen LogP) is 2.02. The minimum Gasteiger partial charge on any atom is -0.374 e. The molecule has 0 aromatic rings. The molecule has 2 unspecified atom stereocenters. The molecule has 0 aromatic carbocycles. The van der Waals surface area contributed by atoms with E-state index in [4.69, 9.17) is 4.74 Å². The molecule has 3 nitrogen and oxygen atoms in total. The number of rotatable bonds is 4. The molecule has 0 aliphatic carbocycles. The van der Waals surface area contributed by atoms with Crippen LogP contribution in [0.1, 0.15) is 46.5 Å². The van der Waals surface area contributed by atoms with E-state index in [1.54, 1.807) is 0 Å². The highest BCUT2D eigenvalue weighted by molar-refractivity contribution is 4.87. The maximum absolute atomic E-state index is 5.90. The molecule has 0 saturated carbocycles. The van der Waals surface area contributed by atoms with Gasteiger partial charge in [0.1, 0.15) is 0 Å². The fourth-order valence-corrected chi connectivity index (χ4v) is 3.24. The van der Waals surface area contributed by atoms with Crippen molar-refractivity contribution < 1.29 is 4.74 Å². The van der Waals surface area contributed by atoms with Crippen molar-refractivity contribution in [3.63, 3.8) is 0 Å². The Labute approximate surface area is 106 Å². The number of ether oxygens (including phenoxy) is 1. The molecule has 2 heterocycles. The summed E-state index contributed by atoms with van der Waals surface area (Å²) in [7, 11) is 0. The highest BCUT2D eigenvalue weighted by Gasteiger charge is 2.33. The largest absolute Gasteiger partial charge is 0.374 e. The summed E-state index contributed by atoms with van der Waals surface area (Å²) in [4.78, 5) is 2.59. The second-order valence-electron chi connectivity index (χ2n) is 6.30. The number of hydrogen-bond donors (Lipinski definition) is 1. The summed E-state index contributed by atoms with van der Waals surface area (Å²) < 4.78 is 5.90. The van der Waals surface area contributed by atoms with Crippen molar-refractivity contribution in [2.45, 2.75) is 64.1 Å². The molecule has 2 aliphatic rings. The lowest BCUT2D eigenvalue weighted by atomic mass is 9.99. The van der Waals surface area contributed by atoms with Crippen LogP contribution < -0.4 is 5.32 Å². The maximum atomic E-state index is 5.90. The van der Waals surface area contributed by atoms with E-state index in [9.17, 15) is 0 Å². The van der Waals surface area contributed by atoms with Crippen LogP contribution in [0.25, 0.3) is 0 Å². The SMILES string of the molecule is CC(C)NC1CCCN(CC2(C)CCCO2)C1. The molecular formula is C14H28N2O. The normalized spacial score (nSPS) is 35.6. The predicted molar refractivity (Wildman–Crippen MR) is 71.3 cm³/mol. The standard InChI is InChI=1S/C14H28N2O/c1-12(2)15-13-6-4-8-16(10-13)11-14(3)7-5-9-17-14/h12-13,15H,4-11H2,1-3H3.